The Kier molecular flexibility index (Phi) is 5.84. The second-order valence-electron chi connectivity index (χ2n) is 9.28. The molecule has 1 unspecified atom stereocenters. The third kappa shape index (κ3) is 3.80. The number of imidazole rings is 1. The fraction of sp³-hybridized carbons (Fsp3) is 0.143. The fourth-order valence-electron chi connectivity index (χ4n) is 4.95. The van der Waals surface area contributed by atoms with Gasteiger partial charge in [-0.1, -0.05) is 29.5 Å². The molecule has 0 radical (unpaired) electrons. The van der Waals surface area contributed by atoms with Crippen LogP contribution in [0, 0.1) is 24.0 Å². The molecule has 2 aromatic carbocycles. The van der Waals surface area contributed by atoms with Gasteiger partial charge in [-0.2, -0.15) is 0 Å². The second-order valence-corrected chi connectivity index (χ2v) is 10.3. The summed E-state index contributed by atoms with van der Waals surface area (Å²) in [5.74, 6) is -1.74. The maximum Gasteiger partial charge on any atom is 0.301 e. The molecule has 200 valence electrons. The number of hydrogen-bond donors (Lipinski definition) is 1. The number of nitro groups is 1. The first-order valence-electron chi connectivity index (χ1n) is 12.1. The predicted octanol–water partition coefficient (Wildman–Crippen LogP) is 5.10. The van der Waals surface area contributed by atoms with Gasteiger partial charge in [0.2, 0.25) is 0 Å². The van der Waals surface area contributed by atoms with E-state index >= 15 is 0 Å². The normalized spacial score (nSPS) is 16.8. The van der Waals surface area contributed by atoms with Crippen LogP contribution in [0.5, 0.6) is 5.75 Å². The molecule has 12 heteroatoms. The highest BCUT2D eigenvalue weighted by Crippen LogP contribution is 2.45. The number of nitrogens with zero attached hydrogens (tertiary/aromatic N) is 5. The number of aromatic nitrogens is 3. The summed E-state index contributed by atoms with van der Waals surface area (Å²) < 4.78 is 7.78. The third-order valence-corrected chi connectivity index (χ3v) is 7.96. The van der Waals surface area contributed by atoms with Gasteiger partial charge in [0.05, 0.1) is 39.6 Å². The smallest absolute Gasteiger partial charge is 0.301 e. The summed E-state index contributed by atoms with van der Waals surface area (Å²) in [4.78, 5) is 48.6. The summed E-state index contributed by atoms with van der Waals surface area (Å²) in [6, 6.07) is 13.4. The molecule has 1 fully saturated rings. The number of non-ortho nitro benzene ring substituents is 1. The molecular formula is C28H21N5O6S. The van der Waals surface area contributed by atoms with Crippen molar-refractivity contribution in [2.24, 2.45) is 0 Å². The summed E-state index contributed by atoms with van der Waals surface area (Å²) in [6.45, 7) is 3.61. The molecule has 6 rings (SSSR count). The monoisotopic (exact) mass is 555 g/mol. The van der Waals surface area contributed by atoms with Crippen LogP contribution in [0.4, 0.5) is 10.8 Å². The van der Waals surface area contributed by atoms with Gasteiger partial charge in [0.15, 0.2) is 10.9 Å². The largest absolute Gasteiger partial charge is 0.505 e. The lowest BCUT2D eigenvalue weighted by molar-refractivity contribution is -0.384. The van der Waals surface area contributed by atoms with Gasteiger partial charge in [-0.25, -0.2) is 9.97 Å². The summed E-state index contributed by atoms with van der Waals surface area (Å²) in [6.07, 6.45) is 1.79. The van der Waals surface area contributed by atoms with Crippen LogP contribution in [0.25, 0.3) is 21.6 Å². The second kappa shape index (κ2) is 9.27. The van der Waals surface area contributed by atoms with Crippen LogP contribution in [0.3, 0.4) is 0 Å². The van der Waals surface area contributed by atoms with Crippen molar-refractivity contribution in [3.63, 3.8) is 0 Å². The molecule has 4 heterocycles. The number of thiazole rings is 1. The molecule has 0 spiro atoms. The first-order chi connectivity index (χ1) is 19.2. The van der Waals surface area contributed by atoms with Gasteiger partial charge in [0.1, 0.15) is 17.1 Å². The third-order valence-electron chi connectivity index (χ3n) is 6.94. The summed E-state index contributed by atoms with van der Waals surface area (Å²) in [7, 11) is 1.53. The lowest BCUT2D eigenvalue weighted by Crippen LogP contribution is -2.29. The molecule has 5 aromatic rings. The number of carbonyl (C=O) groups excluding carboxylic acids is 2. The van der Waals surface area contributed by atoms with E-state index < -0.39 is 28.4 Å². The molecule has 11 nitrogen and oxygen atoms in total. The number of ketones is 1. The first kappa shape index (κ1) is 25.2. The highest BCUT2D eigenvalue weighted by atomic mass is 32.1. The van der Waals surface area contributed by atoms with Crippen LogP contribution >= 0.6 is 11.3 Å². The average Bonchev–Trinajstić information content (AvgIpc) is 3.60. The molecule has 40 heavy (non-hydrogen) atoms. The number of anilines is 1. The van der Waals surface area contributed by atoms with E-state index in [1.165, 1.54) is 30.2 Å². The molecule has 1 atom stereocenters. The van der Waals surface area contributed by atoms with E-state index in [4.69, 9.17) is 4.74 Å². The molecule has 1 aliphatic rings. The van der Waals surface area contributed by atoms with E-state index in [0.717, 1.165) is 16.9 Å². The number of carbonyl (C=O) groups is 2. The molecule has 0 bridgehead atoms. The van der Waals surface area contributed by atoms with Gasteiger partial charge in [0.25, 0.3) is 11.5 Å². The van der Waals surface area contributed by atoms with E-state index in [2.05, 4.69) is 9.97 Å². The molecule has 1 saturated heterocycles. The van der Waals surface area contributed by atoms with Crippen molar-refractivity contribution in [2.75, 3.05) is 12.0 Å². The van der Waals surface area contributed by atoms with Crippen LogP contribution < -0.4 is 9.64 Å². The van der Waals surface area contributed by atoms with Crippen LogP contribution in [0.15, 0.2) is 66.4 Å². The lowest BCUT2D eigenvalue weighted by atomic mass is 9.96. The van der Waals surface area contributed by atoms with Crippen LogP contribution in [-0.2, 0) is 9.59 Å². The summed E-state index contributed by atoms with van der Waals surface area (Å²) in [5.41, 5.74) is 2.52. The maximum atomic E-state index is 13.6. The van der Waals surface area contributed by atoms with Crippen LogP contribution in [-0.4, -0.2) is 43.2 Å². The van der Waals surface area contributed by atoms with Crippen molar-refractivity contribution in [1.29, 1.82) is 0 Å². The molecule has 0 aliphatic carbocycles. The number of fused-ring (bicyclic) bond motifs is 2. The number of aliphatic hydroxyl groups is 1. The van der Waals surface area contributed by atoms with E-state index in [-0.39, 0.29) is 27.6 Å². The standard InChI is InChI=1S/C28H21N5O6S/c1-14-6-5-11-31-15(2)22(30-26(14)31)24(34)21-23(16-7-4-8-17(12-16)33(37)38)32(27(36)25(21)35)28-29-19-10-9-18(39-3)13-20(19)40-28/h4-13,23,34H,1-3H3. The zero-order chi connectivity index (χ0) is 28.3. The van der Waals surface area contributed by atoms with Crippen LogP contribution in [0.2, 0.25) is 0 Å². The zero-order valence-corrected chi connectivity index (χ0v) is 22.3. The highest BCUT2D eigenvalue weighted by molar-refractivity contribution is 7.22. The fourth-order valence-corrected chi connectivity index (χ4v) is 5.97. The number of methoxy groups -OCH3 is 1. The number of aryl methyl sites for hydroxylation is 2. The molecule has 0 saturated carbocycles. The Labute approximate surface area is 230 Å². The van der Waals surface area contributed by atoms with Gasteiger partial charge in [-0.3, -0.25) is 24.6 Å². The molecule has 1 amide bonds. The van der Waals surface area contributed by atoms with Crippen molar-refractivity contribution in [3.05, 3.63) is 99.0 Å². The minimum atomic E-state index is -1.19. The minimum absolute atomic E-state index is 0.136. The van der Waals surface area contributed by atoms with Crippen molar-refractivity contribution >= 4 is 55.5 Å². The Morgan fingerprint density at radius 1 is 1.10 bits per heavy atom. The maximum absolute atomic E-state index is 13.6. The van der Waals surface area contributed by atoms with Gasteiger partial charge in [-0.15, -0.1) is 0 Å². The lowest BCUT2D eigenvalue weighted by Gasteiger charge is -2.22. The van der Waals surface area contributed by atoms with Gasteiger partial charge < -0.3 is 14.2 Å². The number of nitro benzene ring substituents is 1. The summed E-state index contributed by atoms with van der Waals surface area (Å²) in [5, 5.41) is 23.4. The zero-order valence-electron chi connectivity index (χ0n) is 21.5. The number of rotatable bonds is 5. The Bertz CT molecular complexity index is 1920. The molecular weight excluding hydrogens is 534 g/mol. The van der Waals surface area contributed by atoms with Gasteiger partial charge >= 0.3 is 5.91 Å². The van der Waals surface area contributed by atoms with Crippen molar-refractivity contribution in [2.45, 2.75) is 19.9 Å². The van der Waals surface area contributed by atoms with E-state index in [0.29, 0.717) is 27.3 Å². The summed E-state index contributed by atoms with van der Waals surface area (Å²) >= 11 is 1.16. The molecule has 1 aliphatic heterocycles. The van der Waals surface area contributed by atoms with Crippen molar-refractivity contribution in [3.8, 4) is 5.75 Å². The Morgan fingerprint density at radius 2 is 1.90 bits per heavy atom. The minimum Gasteiger partial charge on any atom is -0.505 e. The van der Waals surface area contributed by atoms with E-state index in [1.807, 2.05) is 19.1 Å². The van der Waals surface area contributed by atoms with E-state index in [1.54, 1.807) is 41.8 Å². The Morgan fingerprint density at radius 3 is 2.62 bits per heavy atom. The molecule has 1 N–H and O–H groups in total. The number of pyridine rings is 1. The number of benzene rings is 2. The topological polar surface area (TPSA) is 140 Å². The molecule has 3 aromatic heterocycles. The van der Waals surface area contributed by atoms with Crippen LogP contribution in [0.1, 0.15) is 28.6 Å². The van der Waals surface area contributed by atoms with Gasteiger partial charge in [0, 0.05) is 18.3 Å². The number of aliphatic hydroxyl groups excluding tert-OH is 1. The number of hydrogen-bond acceptors (Lipinski definition) is 9. The highest BCUT2D eigenvalue weighted by Gasteiger charge is 2.49. The van der Waals surface area contributed by atoms with E-state index in [9.17, 15) is 24.8 Å². The number of Topliss-reactive ketones (excluding diaryl/α,β-unsaturated/α-hetero) is 1. The van der Waals surface area contributed by atoms with Gasteiger partial charge in [-0.05, 0) is 49.2 Å². The average molecular weight is 556 g/mol. The van der Waals surface area contributed by atoms with Crippen molar-refractivity contribution in [1.82, 2.24) is 14.4 Å². The Hall–Kier alpha value is -5.10. The SMILES string of the molecule is COc1ccc2nc(N3C(=O)C(=O)C(=C(O)c4nc5c(C)cccn5c4C)C3c3cccc([N+](=O)[O-])c3)sc2c1. The quantitative estimate of drug-likeness (QED) is 0.104. The number of amides is 1. The number of ether oxygens (including phenoxy) is 1. The predicted molar refractivity (Wildman–Crippen MR) is 149 cm³/mol. The Balaban J connectivity index is 1.60. The first-order valence-corrected chi connectivity index (χ1v) is 13.0. The van der Waals surface area contributed by atoms with Crippen molar-refractivity contribution < 1.29 is 24.4 Å².